The number of hydrogen-bond acceptors (Lipinski definition) is 3. The monoisotopic (exact) mass is 287 g/mol. The van der Waals surface area contributed by atoms with Crippen LogP contribution in [-0.2, 0) is 11.2 Å². The van der Waals surface area contributed by atoms with E-state index in [0.717, 1.165) is 37.2 Å². The SMILES string of the molecule is CC1(CNC(=O)c2ccc3c(c2)NC(=O)C3)CCNCC1. The van der Waals surface area contributed by atoms with Gasteiger partial charge in [-0.25, -0.2) is 0 Å². The second-order valence-corrected chi connectivity index (χ2v) is 6.34. The number of benzene rings is 1. The molecule has 0 spiro atoms. The summed E-state index contributed by atoms with van der Waals surface area (Å²) in [7, 11) is 0. The summed E-state index contributed by atoms with van der Waals surface area (Å²) in [4.78, 5) is 23.6. The molecule has 0 saturated carbocycles. The Morgan fingerprint density at radius 3 is 2.86 bits per heavy atom. The number of carbonyl (C=O) groups excluding carboxylic acids is 2. The molecule has 1 saturated heterocycles. The Hall–Kier alpha value is -1.88. The number of anilines is 1. The van der Waals surface area contributed by atoms with E-state index in [2.05, 4.69) is 22.9 Å². The maximum atomic E-state index is 12.3. The van der Waals surface area contributed by atoms with Crippen LogP contribution in [0.25, 0.3) is 0 Å². The van der Waals surface area contributed by atoms with Crippen molar-refractivity contribution in [3.05, 3.63) is 29.3 Å². The molecule has 0 aromatic heterocycles. The summed E-state index contributed by atoms with van der Waals surface area (Å²) in [5.41, 5.74) is 2.50. The highest BCUT2D eigenvalue weighted by atomic mass is 16.2. The Labute approximate surface area is 124 Å². The molecule has 1 aromatic carbocycles. The van der Waals surface area contributed by atoms with Crippen molar-refractivity contribution in [2.75, 3.05) is 25.0 Å². The summed E-state index contributed by atoms with van der Waals surface area (Å²) < 4.78 is 0. The van der Waals surface area contributed by atoms with Crippen molar-refractivity contribution >= 4 is 17.5 Å². The van der Waals surface area contributed by atoms with Crippen molar-refractivity contribution < 1.29 is 9.59 Å². The van der Waals surface area contributed by atoms with Gasteiger partial charge in [-0.15, -0.1) is 0 Å². The van der Waals surface area contributed by atoms with Crippen molar-refractivity contribution in [1.82, 2.24) is 10.6 Å². The van der Waals surface area contributed by atoms with Crippen LogP contribution in [0, 0.1) is 5.41 Å². The second-order valence-electron chi connectivity index (χ2n) is 6.34. The highest BCUT2D eigenvalue weighted by molar-refractivity contribution is 6.02. The molecule has 0 atom stereocenters. The standard InChI is InChI=1S/C16H21N3O2/c1-16(4-6-17-7-5-16)10-18-15(21)12-3-2-11-9-14(20)19-13(11)8-12/h2-3,8,17H,4-7,9-10H2,1H3,(H,18,21)(H,19,20). The largest absolute Gasteiger partial charge is 0.351 e. The lowest BCUT2D eigenvalue weighted by molar-refractivity contribution is -0.115. The molecular formula is C16H21N3O2. The molecule has 3 rings (SSSR count). The third-order valence-electron chi connectivity index (χ3n) is 4.48. The molecule has 1 fully saturated rings. The van der Waals surface area contributed by atoms with Crippen LogP contribution in [-0.4, -0.2) is 31.4 Å². The Morgan fingerprint density at radius 1 is 1.33 bits per heavy atom. The second kappa shape index (κ2) is 5.48. The van der Waals surface area contributed by atoms with Crippen LogP contribution in [0.1, 0.15) is 35.7 Å². The maximum absolute atomic E-state index is 12.3. The number of nitrogens with one attached hydrogen (secondary N) is 3. The number of rotatable bonds is 3. The van der Waals surface area contributed by atoms with Crippen LogP contribution in [0.5, 0.6) is 0 Å². The molecule has 2 aliphatic rings. The number of carbonyl (C=O) groups is 2. The molecule has 2 heterocycles. The number of fused-ring (bicyclic) bond motifs is 1. The fraction of sp³-hybridized carbons (Fsp3) is 0.500. The first-order valence-corrected chi connectivity index (χ1v) is 7.47. The van der Waals surface area contributed by atoms with E-state index in [1.165, 1.54) is 0 Å². The van der Waals surface area contributed by atoms with Gasteiger partial charge in [0, 0.05) is 17.8 Å². The first kappa shape index (κ1) is 14.1. The predicted molar refractivity (Wildman–Crippen MR) is 81.3 cm³/mol. The van der Waals surface area contributed by atoms with E-state index in [1.807, 2.05) is 6.07 Å². The minimum atomic E-state index is -0.0706. The molecule has 1 aromatic rings. The van der Waals surface area contributed by atoms with Crippen LogP contribution < -0.4 is 16.0 Å². The fourth-order valence-corrected chi connectivity index (χ4v) is 2.96. The van der Waals surface area contributed by atoms with E-state index in [-0.39, 0.29) is 17.2 Å². The van der Waals surface area contributed by atoms with Gasteiger partial charge in [0.25, 0.3) is 5.91 Å². The number of hydrogen-bond donors (Lipinski definition) is 3. The molecule has 112 valence electrons. The van der Waals surface area contributed by atoms with E-state index in [0.29, 0.717) is 18.5 Å². The molecule has 0 radical (unpaired) electrons. The van der Waals surface area contributed by atoms with E-state index in [9.17, 15) is 9.59 Å². The van der Waals surface area contributed by atoms with Gasteiger partial charge < -0.3 is 16.0 Å². The Morgan fingerprint density at radius 2 is 2.10 bits per heavy atom. The van der Waals surface area contributed by atoms with Crippen LogP contribution in [0.4, 0.5) is 5.69 Å². The van der Waals surface area contributed by atoms with Crippen molar-refractivity contribution in [2.24, 2.45) is 5.41 Å². The van der Waals surface area contributed by atoms with Gasteiger partial charge in [0.05, 0.1) is 6.42 Å². The highest BCUT2D eigenvalue weighted by Gasteiger charge is 2.27. The van der Waals surface area contributed by atoms with Crippen LogP contribution in [0.2, 0.25) is 0 Å². The minimum Gasteiger partial charge on any atom is -0.351 e. The third-order valence-corrected chi connectivity index (χ3v) is 4.48. The molecule has 0 unspecified atom stereocenters. The first-order valence-electron chi connectivity index (χ1n) is 7.47. The Kier molecular flexibility index (Phi) is 3.68. The smallest absolute Gasteiger partial charge is 0.251 e. The lowest BCUT2D eigenvalue weighted by Crippen LogP contribution is -2.42. The molecule has 5 nitrogen and oxygen atoms in total. The molecule has 2 amide bonds. The zero-order chi connectivity index (χ0) is 14.9. The van der Waals surface area contributed by atoms with Gasteiger partial charge in [-0.3, -0.25) is 9.59 Å². The average Bonchev–Trinajstić information content (AvgIpc) is 2.84. The molecule has 3 N–H and O–H groups in total. The highest BCUT2D eigenvalue weighted by Crippen LogP contribution is 2.27. The van der Waals surface area contributed by atoms with Gasteiger partial charge in [-0.2, -0.15) is 0 Å². The average molecular weight is 287 g/mol. The zero-order valence-electron chi connectivity index (χ0n) is 12.3. The van der Waals surface area contributed by atoms with Gasteiger partial charge in [-0.1, -0.05) is 13.0 Å². The van der Waals surface area contributed by atoms with E-state index in [4.69, 9.17) is 0 Å². The molecule has 0 bridgehead atoms. The minimum absolute atomic E-state index is 0.00947. The van der Waals surface area contributed by atoms with Gasteiger partial charge in [0.2, 0.25) is 5.91 Å². The van der Waals surface area contributed by atoms with E-state index in [1.54, 1.807) is 12.1 Å². The summed E-state index contributed by atoms with van der Waals surface area (Å²) in [6.45, 7) is 4.93. The lowest BCUT2D eigenvalue weighted by atomic mass is 9.81. The van der Waals surface area contributed by atoms with Crippen molar-refractivity contribution in [3.8, 4) is 0 Å². The fourth-order valence-electron chi connectivity index (χ4n) is 2.96. The summed E-state index contributed by atoms with van der Waals surface area (Å²) in [6.07, 6.45) is 2.56. The van der Waals surface area contributed by atoms with Crippen LogP contribution in [0.3, 0.4) is 0 Å². The van der Waals surface area contributed by atoms with Crippen LogP contribution >= 0.6 is 0 Å². The summed E-state index contributed by atoms with van der Waals surface area (Å²) >= 11 is 0. The van der Waals surface area contributed by atoms with Crippen molar-refractivity contribution in [3.63, 3.8) is 0 Å². The number of piperidine rings is 1. The van der Waals surface area contributed by atoms with Gasteiger partial charge >= 0.3 is 0 Å². The van der Waals surface area contributed by atoms with Gasteiger partial charge in [0.1, 0.15) is 0 Å². The van der Waals surface area contributed by atoms with Gasteiger partial charge in [0.15, 0.2) is 0 Å². The third kappa shape index (κ3) is 3.08. The summed E-state index contributed by atoms with van der Waals surface area (Å²) in [5.74, 6) is -0.0801. The quantitative estimate of drug-likeness (QED) is 0.785. The molecule has 5 heteroatoms. The molecule has 0 aliphatic carbocycles. The topological polar surface area (TPSA) is 70.2 Å². The predicted octanol–water partition coefficient (Wildman–Crippen LogP) is 1.30. The van der Waals surface area contributed by atoms with E-state index < -0.39 is 0 Å². The maximum Gasteiger partial charge on any atom is 0.251 e. The molecule has 21 heavy (non-hydrogen) atoms. The van der Waals surface area contributed by atoms with Gasteiger partial charge in [-0.05, 0) is 49.0 Å². The molecule has 2 aliphatic heterocycles. The van der Waals surface area contributed by atoms with E-state index >= 15 is 0 Å². The lowest BCUT2D eigenvalue weighted by Gasteiger charge is -2.34. The van der Waals surface area contributed by atoms with Crippen LogP contribution in [0.15, 0.2) is 18.2 Å². The number of amides is 2. The zero-order valence-corrected chi connectivity index (χ0v) is 12.3. The first-order chi connectivity index (χ1) is 10.1. The summed E-state index contributed by atoms with van der Waals surface area (Å²) in [5, 5.41) is 9.15. The summed E-state index contributed by atoms with van der Waals surface area (Å²) in [6, 6.07) is 5.41. The van der Waals surface area contributed by atoms with Crippen molar-refractivity contribution in [2.45, 2.75) is 26.2 Å². The molecular weight excluding hydrogens is 266 g/mol. The Bertz CT molecular complexity index is 577. The Balaban J connectivity index is 1.63. The normalized spacial score (nSPS) is 19.8. The van der Waals surface area contributed by atoms with Crippen molar-refractivity contribution in [1.29, 1.82) is 0 Å².